The molecule has 0 saturated carbocycles. The topological polar surface area (TPSA) is 55.1 Å². The van der Waals surface area contributed by atoms with Gasteiger partial charge in [0.05, 0.1) is 5.56 Å². The molecule has 1 heterocycles. The number of aryl methyl sites for hydroxylation is 2. The van der Waals surface area contributed by atoms with Crippen LogP contribution in [0, 0.1) is 13.8 Å². The Morgan fingerprint density at radius 2 is 2.00 bits per heavy atom. The first-order chi connectivity index (χ1) is 8.99. The number of thiocarbonyl (C=S) groups is 1. The zero-order valence-corrected chi connectivity index (χ0v) is 12.3. The minimum absolute atomic E-state index is 0.109. The van der Waals surface area contributed by atoms with Gasteiger partial charge in [-0.15, -0.1) is 0 Å². The van der Waals surface area contributed by atoms with Crippen LogP contribution >= 0.6 is 23.6 Å². The Balaban J connectivity index is 2.28. The number of rotatable bonds is 3. The Kier molecular flexibility index (Phi) is 3.97. The van der Waals surface area contributed by atoms with Gasteiger partial charge < -0.3 is 11.1 Å². The van der Waals surface area contributed by atoms with E-state index in [1.807, 2.05) is 36.7 Å². The van der Waals surface area contributed by atoms with Gasteiger partial charge in [-0.1, -0.05) is 24.4 Å². The van der Waals surface area contributed by atoms with Crippen molar-refractivity contribution >= 4 is 40.1 Å². The molecule has 1 aromatic heterocycles. The van der Waals surface area contributed by atoms with Crippen LogP contribution in [0.4, 0.5) is 5.69 Å². The van der Waals surface area contributed by atoms with E-state index in [2.05, 4.69) is 5.32 Å². The van der Waals surface area contributed by atoms with E-state index in [4.69, 9.17) is 18.0 Å². The van der Waals surface area contributed by atoms with Gasteiger partial charge in [-0.25, -0.2) is 0 Å². The third-order valence-electron chi connectivity index (χ3n) is 2.87. The number of anilines is 1. The Hall–Kier alpha value is -1.72. The average molecular weight is 290 g/mol. The highest BCUT2D eigenvalue weighted by Crippen LogP contribution is 2.20. The number of amides is 1. The summed E-state index contributed by atoms with van der Waals surface area (Å²) in [7, 11) is 0. The van der Waals surface area contributed by atoms with E-state index < -0.39 is 0 Å². The molecule has 2 rings (SSSR count). The van der Waals surface area contributed by atoms with Crippen molar-refractivity contribution in [2.24, 2.45) is 5.73 Å². The molecule has 0 atom stereocenters. The molecule has 5 heteroatoms. The minimum atomic E-state index is -0.109. The van der Waals surface area contributed by atoms with E-state index in [-0.39, 0.29) is 5.91 Å². The van der Waals surface area contributed by atoms with Gasteiger partial charge in [-0.05, 0) is 36.4 Å². The lowest BCUT2D eigenvalue weighted by molar-refractivity contribution is 0.102. The highest BCUT2D eigenvalue weighted by Gasteiger charge is 2.11. The Labute approximate surface area is 121 Å². The van der Waals surface area contributed by atoms with Crippen LogP contribution in [0.1, 0.15) is 27.0 Å². The van der Waals surface area contributed by atoms with Crippen molar-refractivity contribution in [3.8, 4) is 0 Å². The molecule has 0 bridgehead atoms. The third-order valence-corrected chi connectivity index (χ3v) is 3.97. The van der Waals surface area contributed by atoms with Gasteiger partial charge >= 0.3 is 0 Å². The standard InChI is InChI=1S/C14H14N2OS2/c1-8-3-4-10(13(15)18)5-12(8)16-14(17)11-7-19-6-9(11)2/h3-7H,1-2H3,(H2,15,18)(H,16,17). The van der Waals surface area contributed by atoms with Crippen LogP contribution in [0.3, 0.4) is 0 Å². The molecule has 0 aliphatic carbocycles. The van der Waals surface area contributed by atoms with Crippen molar-refractivity contribution in [1.29, 1.82) is 0 Å². The van der Waals surface area contributed by atoms with Gasteiger partial charge in [-0.3, -0.25) is 4.79 Å². The lowest BCUT2D eigenvalue weighted by atomic mass is 10.1. The summed E-state index contributed by atoms with van der Waals surface area (Å²) in [5, 5.41) is 6.70. The number of nitrogens with two attached hydrogens (primary N) is 1. The van der Waals surface area contributed by atoms with Crippen molar-refractivity contribution in [1.82, 2.24) is 0 Å². The van der Waals surface area contributed by atoms with Crippen molar-refractivity contribution < 1.29 is 4.79 Å². The smallest absolute Gasteiger partial charge is 0.256 e. The number of nitrogens with one attached hydrogen (secondary N) is 1. The van der Waals surface area contributed by atoms with Gasteiger partial charge in [0.1, 0.15) is 4.99 Å². The van der Waals surface area contributed by atoms with Crippen molar-refractivity contribution in [3.63, 3.8) is 0 Å². The first-order valence-corrected chi connectivity index (χ1v) is 7.08. The van der Waals surface area contributed by atoms with Crippen molar-refractivity contribution in [2.45, 2.75) is 13.8 Å². The van der Waals surface area contributed by atoms with Crippen LogP contribution < -0.4 is 11.1 Å². The number of hydrogen-bond donors (Lipinski definition) is 2. The first kappa shape index (κ1) is 13.7. The van der Waals surface area contributed by atoms with E-state index in [0.29, 0.717) is 10.6 Å². The van der Waals surface area contributed by atoms with E-state index >= 15 is 0 Å². The van der Waals surface area contributed by atoms with Gasteiger partial charge in [0, 0.05) is 16.6 Å². The second-order valence-electron chi connectivity index (χ2n) is 4.32. The molecule has 0 unspecified atom stereocenters. The molecular formula is C14H14N2OS2. The van der Waals surface area contributed by atoms with E-state index in [0.717, 1.165) is 22.4 Å². The number of carbonyl (C=O) groups is 1. The molecule has 0 saturated heterocycles. The van der Waals surface area contributed by atoms with Crippen LogP contribution in [-0.4, -0.2) is 10.9 Å². The van der Waals surface area contributed by atoms with E-state index in [9.17, 15) is 4.79 Å². The molecule has 1 amide bonds. The Morgan fingerprint density at radius 1 is 1.26 bits per heavy atom. The van der Waals surface area contributed by atoms with E-state index in [1.165, 1.54) is 11.3 Å². The number of carbonyl (C=O) groups excluding carboxylic acids is 1. The summed E-state index contributed by atoms with van der Waals surface area (Å²) in [6.07, 6.45) is 0. The van der Waals surface area contributed by atoms with Crippen LogP contribution in [-0.2, 0) is 0 Å². The van der Waals surface area contributed by atoms with Gasteiger partial charge in [0.15, 0.2) is 0 Å². The maximum Gasteiger partial charge on any atom is 0.256 e. The van der Waals surface area contributed by atoms with Crippen molar-refractivity contribution in [2.75, 3.05) is 5.32 Å². The predicted octanol–water partition coefficient (Wildman–Crippen LogP) is 3.25. The predicted molar refractivity (Wildman–Crippen MR) is 84.1 cm³/mol. The second kappa shape index (κ2) is 5.50. The zero-order chi connectivity index (χ0) is 14.0. The molecule has 0 fully saturated rings. The maximum absolute atomic E-state index is 12.2. The normalized spacial score (nSPS) is 10.2. The quantitative estimate of drug-likeness (QED) is 0.853. The summed E-state index contributed by atoms with van der Waals surface area (Å²) in [5.74, 6) is -0.109. The molecule has 0 aliphatic rings. The highest BCUT2D eigenvalue weighted by molar-refractivity contribution is 7.80. The summed E-state index contributed by atoms with van der Waals surface area (Å²) < 4.78 is 0. The summed E-state index contributed by atoms with van der Waals surface area (Å²) in [6.45, 7) is 3.85. The third kappa shape index (κ3) is 3.00. The summed E-state index contributed by atoms with van der Waals surface area (Å²) in [4.78, 5) is 12.5. The summed E-state index contributed by atoms with van der Waals surface area (Å²) in [5.41, 5.74) is 9.74. The lowest BCUT2D eigenvalue weighted by Gasteiger charge is -2.10. The van der Waals surface area contributed by atoms with Crippen LogP contribution in [0.5, 0.6) is 0 Å². The van der Waals surface area contributed by atoms with Crippen LogP contribution in [0.25, 0.3) is 0 Å². The van der Waals surface area contributed by atoms with Crippen molar-refractivity contribution in [3.05, 3.63) is 51.2 Å². The first-order valence-electron chi connectivity index (χ1n) is 5.73. The van der Waals surface area contributed by atoms with Gasteiger partial charge in [0.25, 0.3) is 5.91 Å². The summed E-state index contributed by atoms with van der Waals surface area (Å²) >= 11 is 6.46. The fourth-order valence-corrected chi connectivity index (χ4v) is 2.65. The Bertz CT molecular complexity index is 647. The largest absolute Gasteiger partial charge is 0.389 e. The molecule has 2 aromatic rings. The molecule has 3 N–H and O–H groups in total. The summed E-state index contributed by atoms with van der Waals surface area (Å²) in [6, 6.07) is 5.55. The number of benzene rings is 1. The van der Waals surface area contributed by atoms with Crippen LogP contribution in [0.2, 0.25) is 0 Å². The maximum atomic E-state index is 12.2. The lowest BCUT2D eigenvalue weighted by Crippen LogP contribution is -2.15. The molecule has 98 valence electrons. The van der Waals surface area contributed by atoms with Gasteiger partial charge in [0.2, 0.25) is 0 Å². The highest BCUT2D eigenvalue weighted by atomic mass is 32.1. The average Bonchev–Trinajstić information content (AvgIpc) is 2.78. The number of thiophene rings is 1. The molecule has 0 spiro atoms. The number of hydrogen-bond acceptors (Lipinski definition) is 3. The molecule has 3 nitrogen and oxygen atoms in total. The zero-order valence-electron chi connectivity index (χ0n) is 10.7. The molecule has 1 aromatic carbocycles. The SMILES string of the molecule is Cc1ccc(C(N)=S)cc1NC(=O)c1cscc1C. The Morgan fingerprint density at radius 3 is 2.58 bits per heavy atom. The molecule has 0 aliphatic heterocycles. The molecule has 0 radical (unpaired) electrons. The minimum Gasteiger partial charge on any atom is -0.389 e. The molecular weight excluding hydrogens is 276 g/mol. The second-order valence-corrected chi connectivity index (χ2v) is 5.50. The van der Waals surface area contributed by atoms with Gasteiger partial charge in [-0.2, -0.15) is 11.3 Å². The molecule has 19 heavy (non-hydrogen) atoms. The fraction of sp³-hybridized carbons (Fsp3) is 0.143. The van der Waals surface area contributed by atoms with E-state index in [1.54, 1.807) is 6.07 Å². The fourth-order valence-electron chi connectivity index (χ4n) is 1.69. The monoisotopic (exact) mass is 290 g/mol. The van der Waals surface area contributed by atoms with Crippen LogP contribution in [0.15, 0.2) is 29.0 Å².